The van der Waals surface area contributed by atoms with Crippen LogP contribution in [0.25, 0.3) is 0 Å². The van der Waals surface area contributed by atoms with Crippen LogP contribution in [0.15, 0.2) is 27.8 Å². The van der Waals surface area contributed by atoms with Crippen LogP contribution in [0.2, 0.25) is 0 Å². The zero-order valence-electron chi connectivity index (χ0n) is 15.4. The maximum absolute atomic E-state index is 11.9. The highest BCUT2D eigenvalue weighted by molar-refractivity contribution is 5.84. The Labute approximate surface area is 150 Å². The zero-order valence-corrected chi connectivity index (χ0v) is 15.4. The number of carbonyl (C=O) groups excluding carboxylic acids is 1. The van der Waals surface area contributed by atoms with Gasteiger partial charge in [-0.2, -0.15) is 0 Å². The molecule has 140 valence electrons. The predicted octanol–water partition coefficient (Wildman–Crippen LogP) is 2.81. The van der Waals surface area contributed by atoms with Gasteiger partial charge in [0.15, 0.2) is 5.96 Å². The molecule has 0 spiro atoms. The molecule has 0 bridgehead atoms. The summed E-state index contributed by atoms with van der Waals surface area (Å²) in [5.74, 6) is 2.24. The lowest BCUT2D eigenvalue weighted by Crippen LogP contribution is -2.39. The minimum atomic E-state index is -0.115. The first-order valence-corrected chi connectivity index (χ1v) is 9.59. The summed E-state index contributed by atoms with van der Waals surface area (Å²) in [4.78, 5) is 16.2. The number of guanidine groups is 1. The summed E-state index contributed by atoms with van der Waals surface area (Å²) in [5.41, 5.74) is 0. The van der Waals surface area contributed by atoms with Crippen molar-refractivity contribution in [2.24, 2.45) is 10.9 Å². The Hall–Kier alpha value is -1.98. The molecule has 0 aromatic carbocycles. The Morgan fingerprint density at radius 3 is 2.80 bits per heavy atom. The van der Waals surface area contributed by atoms with Gasteiger partial charge in [0.25, 0.3) is 0 Å². The highest BCUT2D eigenvalue weighted by Crippen LogP contribution is 2.26. The lowest BCUT2D eigenvalue weighted by atomic mass is 9.86. The molecule has 0 atom stereocenters. The molecule has 1 heterocycles. The number of nitrogens with zero attached hydrogens (tertiary/aromatic N) is 1. The van der Waals surface area contributed by atoms with Crippen LogP contribution in [0.5, 0.6) is 0 Å². The molecule has 0 aliphatic heterocycles. The first-order chi connectivity index (χ1) is 12.3. The van der Waals surface area contributed by atoms with E-state index >= 15 is 0 Å². The topological polar surface area (TPSA) is 78.7 Å². The number of nitrogens with one attached hydrogen (secondary N) is 3. The maximum Gasteiger partial charge on any atom is 0.242 e. The van der Waals surface area contributed by atoms with Crippen molar-refractivity contribution in [1.82, 2.24) is 16.0 Å². The first-order valence-electron chi connectivity index (χ1n) is 9.59. The van der Waals surface area contributed by atoms with Crippen molar-refractivity contribution < 1.29 is 9.21 Å². The molecule has 1 aromatic rings. The lowest BCUT2D eigenvalue weighted by molar-refractivity contribution is -0.119. The van der Waals surface area contributed by atoms with Crippen molar-refractivity contribution in [3.05, 3.63) is 24.2 Å². The highest BCUT2D eigenvalue weighted by Gasteiger charge is 2.12. The van der Waals surface area contributed by atoms with E-state index in [9.17, 15) is 4.79 Å². The molecular weight excluding hydrogens is 316 g/mol. The molecule has 1 fully saturated rings. The third-order valence-corrected chi connectivity index (χ3v) is 4.57. The fourth-order valence-corrected chi connectivity index (χ4v) is 3.22. The van der Waals surface area contributed by atoms with E-state index in [0.29, 0.717) is 12.5 Å². The van der Waals surface area contributed by atoms with Crippen LogP contribution in [0, 0.1) is 5.92 Å². The Bertz CT molecular complexity index is 508. The normalized spacial score (nSPS) is 15.8. The molecule has 25 heavy (non-hydrogen) atoms. The second-order valence-electron chi connectivity index (χ2n) is 6.62. The number of carbonyl (C=O) groups is 1. The predicted molar refractivity (Wildman–Crippen MR) is 100 cm³/mol. The molecule has 1 amide bonds. The highest BCUT2D eigenvalue weighted by atomic mass is 16.3. The van der Waals surface area contributed by atoms with Crippen molar-refractivity contribution in [3.8, 4) is 0 Å². The van der Waals surface area contributed by atoms with Crippen LogP contribution in [0.3, 0.4) is 0 Å². The van der Waals surface area contributed by atoms with Gasteiger partial charge in [0.1, 0.15) is 12.3 Å². The van der Waals surface area contributed by atoms with Gasteiger partial charge in [0.2, 0.25) is 5.91 Å². The first kappa shape index (κ1) is 19.3. The third kappa shape index (κ3) is 8.09. The van der Waals surface area contributed by atoms with Crippen molar-refractivity contribution >= 4 is 11.9 Å². The van der Waals surface area contributed by atoms with Gasteiger partial charge in [-0.3, -0.25) is 4.79 Å². The number of aliphatic imine (C=N–C) groups is 1. The Kier molecular flexibility index (Phi) is 8.94. The summed E-state index contributed by atoms with van der Waals surface area (Å²) >= 11 is 0. The second-order valence-corrected chi connectivity index (χ2v) is 6.62. The monoisotopic (exact) mass is 348 g/mol. The largest absolute Gasteiger partial charge is 0.467 e. The van der Waals surface area contributed by atoms with Crippen molar-refractivity contribution in [1.29, 1.82) is 0 Å². The van der Waals surface area contributed by atoms with Gasteiger partial charge in [-0.1, -0.05) is 32.1 Å². The molecule has 6 nitrogen and oxygen atoms in total. The van der Waals surface area contributed by atoms with Crippen LogP contribution in [-0.2, 0) is 11.3 Å². The summed E-state index contributed by atoms with van der Waals surface area (Å²) < 4.78 is 5.19. The van der Waals surface area contributed by atoms with Gasteiger partial charge in [-0.05, 0) is 37.8 Å². The van der Waals surface area contributed by atoms with Gasteiger partial charge in [-0.15, -0.1) is 0 Å². The fourth-order valence-electron chi connectivity index (χ4n) is 3.22. The second kappa shape index (κ2) is 11.6. The molecule has 0 unspecified atom stereocenters. The Balaban J connectivity index is 1.63. The van der Waals surface area contributed by atoms with E-state index in [0.717, 1.165) is 31.2 Å². The molecule has 1 saturated carbocycles. The molecule has 3 N–H and O–H groups in total. The molecular formula is C19H32N4O2. The van der Waals surface area contributed by atoms with E-state index in [4.69, 9.17) is 4.42 Å². The standard InChI is InChI=1S/C19H32N4O2/c1-2-20-19(21-12-6-10-16-8-4-3-5-9-16)23-15-18(24)22-14-17-11-7-13-25-17/h7,11,13,16H,2-6,8-10,12,14-15H2,1H3,(H,22,24)(H2,20,21,23). The molecule has 1 aliphatic carbocycles. The molecule has 0 radical (unpaired) electrons. The summed E-state index contributed by atoms with van der Waals surface area (Å²) in [6, 6.07) is 3.64. The van der Waals surface area contributed by atoms with Crippen molar-refractivity contribution in [3.63, 3.8) is 0 Å². The number of hydrogen-bond acceptors (Lipinski definition) is 3. The van der Waals surface area contributed by atoms with E-state index in [1.54, 1.807) is 12.3 Å². The summed E-state index contributed by atoms with van der Waals surface area (Å²) in [6.45, 7) is 4.21. The van der Waals surface area contributed by atoms with Crippen LogP contribution in [0.1, 0.15) is 57.6 Å². The van der Waals surface area contributed by atoms with E-state index < -0.39 is 0 Å². The summed E-state index contributed by atoms with van der Waals surface area (Å²) in [7, 11) is 0. The lowest BCUT2D eigenvalue weighted by Gasteiger charge is -2.21. The number of amides is 1. The minimum absolute atomic E-state index is 0.110. The quantitative estimate of drug-likeness (QED) is 0.364. The Morgan fingerprint density at radius 1 is 1.24 bits per heavy atom. The average Bonchev–Trinajstić information content (AvgIpc) is 3.16. The van der Waals surface area contributed by atoms with Crippen LogP contribution in [-0.4, -0.2) is 31.5 Å². The molecule has 1 aromatic heterocycles. The van der Waals surface area contributed by atoms with Gasteiger partial charge in [0.05, 0.1) is 12.8 Å². The number of hydrogen-bond donors (Lipinski definition) is 3. The Morgan fingerprint density at radius 2 is 2.08 bits per heavy atom. The van der Waals surface area contributed by atoms with Gasteiger partial charge < -0.3 is 20.4 Å². The average molecular weight is 348 g/mol. The van der Waals surface area contributed by atoms with Crippen LogP contribution >= 0.6 is 0 Å². The third-order valence-electron chi connectivity index (χ3n) is 4.57. The van der Waals surface area contributed by atoms with Crippen LogP contribution < -0.4 is 16.0 Å². The van der Waals surface area contributed by atoms with Crippen LogP contribution in [0.4, 0.5) is 0 Å². The molecule has 0 saturated heterocycles. The molecule has 1 aliphatic rings. The maximum atomic E-state index is 11.9. The van der Waals surface area contributed by atoms with Crippen molar-refractivity contribution in [2.45, 2.75) is 58.4 Å². The van der Waals surface area contributed by atoms with Crippen molar-refractivity contribution in [2.75, 3.05) is 19.6 Å². The summed E-state index contributed by atoms with van der Waals surface area (Å²) in [6.07, 6.45) is 11.0. The van der Waals surface area contributed by atoms with E-state index in [1.165, 1.54) is 38.5 Å². The number of furan rings is 1. The van der Waals surface area contributed by atoms with E-state index in [2.05, 4.69) is 20.9 Å². The summed E-state index contributed by atoms with van der Waals surface area (Å²) in [5, 5.41) is 9.31. The smallest absolute Gasteiger partial charge is 0.242 e. The van der Waals surface area contributed by atoms with E-state index in [1.807, 2.05) is 13.0 Å². The molecule has 2 rings (SSSR count). The van der Waals surface area contributed by atoms with Gasteiger partial charge in [0, 0.05) is 13.1 Å². The number of rotatable bonds is 9. The van der Waals surface area contributed by atoms with Gasteiger partial charge in [-0.25, -0.2) is 4.99 Å². The van der Waals surface area contributed by atoms with E-state index in [-0.39, 0.29) is 12.5 Å². The minimum Gasteiger partial charge on any atom is -0.467 e. The molecule has 6 heteroatoms. The SMILES string of the molecule is CCNC(=NCC(=O)NCc1ccco1)NCCCC1CCCCC1. The zero-order chi connectivity index (χ0) is 17.7. The fraction of sp³-hybridized carbons (Fsp3) is 0.684. The van der Waals surface area contributed by atoms with Gasteiger partial charge >= 0.3 is 0 Å².